The highest BCUT2D eigenvalue weighted by Gasteiger charge is 2.05. The van der Waals surface area contributed by atoms with Crippen LogP contribution in [-0.2, 0) is 0 Å². The summed E-state index contributed by atoms with van der Waals surface area (Å²) in [6, 6.07) is 3.44. The number of rotatable bonds is 1. The molecule has 0 spiro atoms. The number of carbonyl (C=O) groups is 1. The van der Waals surface area contributed by atoms with Crippen molar-refractivity contribution in [2.45, 2.75) is 0 Å². The zero-order valence-electron chi connectivity index (χ0n) is 6.83. The van der Waals surface area contributed by atoms with Crippen molar-refractivity contribution in [3.63, 3.8) is 0 Å². The van der Waals surface area contributed by atoms with Crippen LogP contribution in [0.5, 0.6) is 0 Å². The summed E-state index contributed by atoms with van der Waals surface area (Å²) in [6.45, 7) is 0.316. The average Bonchev–Trinajstić information content (AvgIpc) is 2.62. The maximum atomic E-state index is 11.0. The largest absolute Gasteiger partial charge is 0.320 e. The highest BCUT2D eigenvalue weighted by molar-refractivity contribution is 7.14. The van der Waals surface area contributed by atoms with E-state index >= 15 is 0 Å². The van der Waals surface area contributed by atoms with Crippen molar-refractivity contribution in [3.05, 3.63) is 21.9 Å². The second-order valence-corrected chi connectivity index (χ2v) is 3.23. The van der Waals surface area contributed by atoms with E-state index in [0.717, 1.165) is 4.88 Å². The molecular weight excluding hydrogens is 186 g/mol. The first kappa shape index (κ1) is 9.74. The Morgan fingerprint density at radius 3 is 3.00 bits per heavy atom. The molecule has 0 aliphatic carbocycles. The molecular formula is C8H9N3OS. The van der Waals surface area contributed by atoms with Gasteiger partial charge in [0.05, 0.1) is 16.3 Å². The predicted octanol–water partition coefficient (Wildman–Crippen LogP) is -0.338. The third-order valence-electron chi connectivity index (χ3n) is 1.27. The van der Waals surface area contributed by atoms with Crippen LogP contribution in [0, 0.1) is 11.8 Å². The van der Waals surface area contributed by atoms with Crippen molar-refractivity contribution in [2.75, 3.05) is 6.54 Å². The monoisotopic (exact) mass is 195 g/mol. The van der Waals surface area contributed by atoms with Gasteiger partial charge < -0.3 is 5.73 Å². The fraction of sp³-hybridized carbons (Fsp3) is 0.125. The van der Waals surface area contributed by atoms with Gasteiger partial charge in [-0.3, -0.25) is 10.2 Å². The number of hydrogen-bond donors (Lipinski definition) is 3. The Kier molecular flexibility index (Phi) is 3.46. The van der Waals surface area contributed by atoms with Gasteiger partial charge >= 0.3 is 0 Å². The lowest BCUT2D eigenvalue weighted by Gasteiger charge is -1.91. The van der Waals surface area contributed by atoms with Crippen LogP contribution in [0.15, 0.2) is 12.1 Å². The summed E-state index contributed by atoms with van der Waals surface area (Å²) >= 11 is 1.28. The van der Waals surface area contributed by atoms with Crippen molar-refractivity contribution in [2.24, 2.45) is 11.6 Å². The number of hydrazine groups is 1. The van der Waals surface area contributed by atoms with Gasteiger partial charge in [0, 0.05) is 0 Å². The van der Waals surface area contributed by atoms with Crippen LogP contribution < -0.4 is 17.0 Å². The molecule has 4 nitrogen and oxygen atoms in total. The standard InChI is InChI=1S/C8H9N3OS/c9-5-1-2-6-3-4-7(13-6)8(12)11-10/h3-4H,5,9-10H2,(H,11,12). The quantitative estimate of drug-likeness (QED) is 0.248. The van der Waals surface area contributed by atoms with Gasteiger partial charge in [-0.15, -0.1) is 11.3 Å². The molecule has 0 saturated heterocycles. The maximum absolute atomic E-state index is 11.0. The van der Waals surface area contributed by atoms with E-state index in [-0.39, 0.29) is 5.91 Å². The minimum Gasteiger partial charge on any atom is -0.320 e. The lowest BCUT2D eigenvalue weighted by atomic mass is 10.4. The lowest BCUT2D eigenvalue weighted by Crippen LogP contribution is -2.29. The topological polar surface area (TPSA) is 81.1 Å². The van der Waals surface area contributed by atoms with Gasteiger partial charge in [-0.05, 0) is 12.1 Å². The highest BCUT2D eigenvalue weighted by Crippen LogP contribution is 2.14. The molecule has 5 heteroatoms. The zero-order valence-corrected chi connectivity index (χ0v) is 7.65. The normalized spacial score (nSPS) is 8.77. The Hall–Kier alpha value is -1.35. The van der Waals surface area contributed by atoms with E-state index in [1.54, 1.807) is 12.1 Å². The molecule has 1 rings (SSSR count). The maximum Gasteiger partial charge on any atom is 0.275 e. The molecule has 0 aromatic carbocycles. The third kappa shape index (κ3) is 2.56. The highest BCUT2D eigenvalue weighted by atomic mass is 32.1. The van der Waals surface area contributed by atoms with Gasteiger partial charge in [-0.1, -0.05) is 11.8 Å². The summed E-state index contributed by atoms with van der Waals surface area (Å²) in [7, 11) is 0. The summed E-state index contributed by atoms with van der Waals surface area (Å²) in [4.78, 5) is 12.4. The molecule has 13 heavy (non-hydrogen) atoms. The van der Waals surface area contributed by atoms with Crippen LogP contribution in [0.2, 0.25) is 0 Å². The summed E-state index contributed by atoms with van der Waals surface area (Å²) in [5, 5.41) is 0. The van der Waals surface area contributed by atoms with Gasteiger partial charge in [0.1, 0.15) is 0 Å². The molecule has 0 bridgehead atoms. The molecule has 1 aromatic heterocycles. The number of thiophene rings is 1. The van der Waals surface area contributed by atoms with Gasteiger partial charge in [0.25, 0.3) is 5.91 Å². The predicted molar refractivity (Wildman–Crippen MR) is 51.9 cm³/mol. The van der Waals surface area contributed by atoms with E-state index in [2.05, 4.69) is 11.8 Å². The molecule has 0 aliphatic heterocycles. The number of amides is 1. The molecule has 1 amide bonds. The molecule has 0 atom stereocenters. The SMILES string of the molecule is NCC#Cc1ccc(C(=O)NN)s1. The zero-order chi connectivity index (χ0) is 9.68. The van der Waals surface area contributed by atoms with Gasteiger partial charge in [-0.2, -0.15) is 0 Å². The Bertz CT molecular complexity index is 361. The van der Waals surface area contributed by atoms with Gasteiger partial charge in [0.2, 0.25) is 0 Å². The van der Waals surface area contributed by atoms with E-state index in [0.29, 0.717) is 11.4 Å². The number of nitrogens with two attached hydrogens (primary N) is 2. The Morgan fingerprint density at radius 1 is 1.62 bits per heavy atom. The molecule has 0 aliphatic rings. The number of nitrogen functional groups attached to an aromatic ring is 1. The van der Waals surface area contributed by atoms with Gasteiger partial charge in [0.15, 0.2) is 0 Å². The van der Waals surface area contributed by atoms with Crippen LogP contribution in [0.1, 0.15) is 14.5 Å². The van der Waals surface area contributed by atoms with E-state index in [4.69, 9.17) is 11.6 Å². The minimum absolute atomic E-state index is 0.300. The fourth-order valence-corrected chi connectivity index (χ4v) is 1.52. The second kappa shape index (κ2) is 4.62. The van der Waals surface area contributed by atoms with Crippen LogP contribution in [0.3, 0.4) is 0 Å². The van der Waals surface area contributed by atoms with Crippen molar-refractivity contribution in [1.29, 1.82) is 0 Å². The molecule has 68 valence electrons. The van der Waals surface area contributed by atoms with Crippen molar-refractivity contribution >= 4 is 17.2 Å². The second-order valence-electron chi connectivity index (χ2n) is 2.14. The third-order valence-corrected chi connectivity index (χ3v) is 2.27. The number of hydrogen-bond acceptors (Lipinski definition) is 4. The number of carbonyl (C=O) groups excluding carboxylic acids is 1. The summed E-state index contributed by atoms with van der Waals surface area (Å²) in [5.41, 5.74) is 7.25. The van der Waals surface area contributed by atoms with Crippen molar-refractivity contribution in [1.82, 2.24) is 5.43 Å². The van der Waals surface area contributed by atoms with E-state index in [9.17, 15) is 4.79 Å². The number of nitrogens with one attached hydrogen (secondary N) is 1. The van der Waals surface area contributed by atoms with E-state index in [1.807, 2.05) is 5.43 Å². The molecule has 1 heterocycles. The Balaban J connectivity index is 2.80. The smallest absolute Gasteiger partial charge is 0.275 e. The van der Waals surface area contributed by atoms with Crippen molar-refractivity contribution in [3.8, 4) is 11.8 Å². The van der Waals surface area contributed by atoms with Gasteiger partial charge in [-0.25, -0.2) is 5.84 Å². The molecule has 5 N–H and O–H groups in total. The fourth-order valence-electron chi connectivity index (χ4n) is 0.736. The first-order valence-electron chi connectivity index (χ1n) is 3.57. The van der Waals surface area contributed by atoms with Crippen LogP contribution in [0.4, 0.5) is 0 Å². The minimum atomic E-state index is -0.300. The van der Waals surface area contributed by atoms with Crippen LogP contribution in [0.25, 0.3) is 0 Å². The molecule has 0 fully saturated rings. The molecule has 0 unspecified atom stereocenters. The molecule has 1 aromatic rings. The lowest BCUT2D eigenvalue weighted by molar-refractivity contribution is 0.0957. The Morgan fingerprint density at radius 2 is 2.38 bits per heavy atom. The molecule has 0 radical (unpaired) electrons. The first-order valence-corrected chi connectivity index (χ1v) is 4.39. The van der Waals surface area contributed by atoms with Crippen LogP contribution in [-0.4, -0.2) is 12.5 Å². The van der Waals surface area contributed by atoms with Crippen molar-refractivity contribution < 1.29 is 4.79 Å². The average molecular weight is 195 g/mol. The first-order chi connectivity index (χ1) is 6.27. The summed E-state index contributed by atoms with van der Waals surface area (Å²) in [6.07, 6.45) is 0. The van der Waals surface area contributed by atoms with E-state index in [1.165, 1.54) is 11.3 Å². The Labute approximate surface area is 79.9 Å². The summed E-state index contributed by atoms with van der Waals surface area (Å²) < 4.78 is 0. The van der Waals surface area contributed by atoms with Crippen LogP contribution >= 0.6 is 11.3 Å². The molecule has 0 saturated carbocycles. The van der Waals surface area contributed by atoms with E-state index < -0.39 is 0 Å². The summed E-state index contributed by atoms with van der Waals surface area (Å²) in [5.74, 6) is 10.2.